The van der Waals surface area contributed by atoms with Crippen molar-refractivity contribution in [3.8, 4) is 11.5 Å². The van der Waals surface area contributed by atoms with Gasteiger partial charge in [0.2, 0.25) is 5.90 Å². The van der Waals surface area contributed by atoms with Crippen LogP contribution in [-0.4, -0.2) is 19.0 Å². The van der Waals surface area contributed by atoms with Gasteiger partial charge in [-0.2, -0.15) is 0 Å². The van der Waals surface area contributed by atoms with E-state index in [1.165, 1.54) is 0 Å². The van der Waals surface area contributed by atoms with Crippen LogP contribution in [0.3, 0.4) is 0 Å². The molecule has 0 saturated carbocycles. The lowest BCUT2D eigenvalue weighted by Crippen LogP contribution is -2.05. The van der Waals surface area contributed by atoms with E-state index >= 15 is 0 Å². The molecular weight excluding hydrogens is 526 g/mol. The first-order valence-corrected chi connectivity index (χ1v) is 10.9. The van der Waals surface area contributed by atoms with Crippen LogP contribution in [0.25, 0.3) is 6.08 Å². The minimum Gasteiger partial charge on any atom is -0.493 e. The van der Waals surface area contributed by atoms with E-state index in [0.29, 0.717) is 23.7 Å². The van der Waals surface area contributed by atoms with Crippen molar-refractivity contribution >= 4 is 49.8 Å². The Bertz CT molecular complexity index is 1190. The first kappa shape index (κ1) is 21.3. The highest BCUT2D eigenvalue weighted by Gasteiger charge is 2.25. The van der Waals surface area contributed by atoms with Gasteiger partial charge in [0.05, 0.1) is 12.7 Å². The van der Waals surface area contributed by atoms with Gasteiger partial charge in [0.25, 0.3) is 0 Å². The molecule has 0 N–H and O–H groups in total. The van der Waals surface area contributed by atoms with Crippen molar-refractivity contribution in [2.75, 3.05) is 7.11 Å². The summed E-state index contributed by atoms with van der Waals surface area (Å²) >= 11 is 6.87. The maximum Gasteiger partial charge on any atom is 0.363 e. The van der Waals surface area contributed by atoms with Gasteiger partial charge in [0, 0.05) is 8.95 Å². The number of esters is 1. The second-order valence-corrected chi connectivity index (χ2v) is 8.41. The highest BCUT2D eigenvalue weighted by molar-refractivity contribution is 9.10. The Morgan fingerprint density at radius 2 is 1.77 bits per heavy atom. The fraction of sp³-hybridized carbons (Fsp3) is 0.0833. The van der Waals surface area contributed by atoms with Gasteiger partial charge in [-0.05, 0) is 69.5 Å². The van der Waals surface area contributed by atoms with Crippen molar-refractivity contribution < 1.29 is 19.0 Å². The molecule has 1 heterocycles. The Hall–Kier alpha value is -2.90. The van der Waals surface area contributed by atoms with Gasteiger partial charge in [-0.25, -0.2) is 9.79 Å². The lowest BCUT2D eigenvalue weighted by molar-refractivity contribution is -0.129. The molecular formula is C24H17Br2NO4. The van der Waals surface area contributed by atoms with E-state index in [2.05, 4.69) is 36.9 Å². The Kier molecular flexibility index (Phi) is 6.53. The number of halogens is 2. The second-order valence-electron chi connectivity index (χ2n) is 6.64. The molecule has 3 aromatic carbocycles. The molecule has 3 aromatic rings. The van der Waals surface area contributed by atoms with Crippen molar-refractivity contribution in [3.05, 3.63) is 98.1 Å². The largest absolute Gasteiger partial charge is 0.493 e. The molecule has 0 amide bonds. The maximum atomic E-state index is 12.3. The summed E-state index contributed by atoms with van der Waals surface area (Å²) in [6.07, 6.45) is 1.66. The summed E-state index contributed by atoms with van der Waals surface area (Å²) in [6.45, 7) is 0.413. The summed E-state index contributed by atoms with van der Waals surface area (Å²) in [6, 6.07) is 20.8. The number of rotatable bonds is 6. The fourth-order valence-corrected chi connectivity index (χ4v) is 3.67. The van der Waals surface area contributed by atoms with Crippen LogP contribution in [0.5, 0.6) is 11.5 Å². The van der Waals surface area contributed by atoms with E-state index < -0.39 is 5.97 Å². The minimum atomic E-state index is -0.500. The lowest BCUT2D eigenvalue weighted by Gasteiger charge is -2.11. The van der Waals surface area contributed by atoms with E-state index in [4.69, 9.17) is 14.2 Å². The quantitative estimate of drug-likeness (QED) is 0.277. The summed E-state index contributed by atoms with van der Waals surface area (Å²) < 4.78 is 18.5. The van der Waals surface area contributed by atoms with Gasteiger partial charge < -0.3 is 14.2 Å². The summed E-state index contributed by atoms with van der Waals surface area (Å²) in [5.74, 6) is 0.942. The molecule has 1 aliphatic heterocycles. The molecule has 0 aliphatic carbocycles. The van der Waals surface area contributed by atoms with Crippen LogP contribution in [0.15, 0.2) is 86.4 Å². The molecule has 0 radical (unpaired) electrons. The predicted molar refractivity (Wildman–Crippen MR) is 126 cm³/mol. The van der Waals surface area contributed by atoms with Crippen LogP contribution in [-0.2, 0) is 16.1 Å². The molecule has 156 valence electrons. The van der Waals surface area contributed by atoms with E-state index in [0.717, 1.165) is 20.1 Å². The fourth-order valence-electron chi connectivity index (χ4n) is 2.95. The molecule has 1 aliphatic rings. The zero-order chi connectivity index (χ0) is 21.8. The maximum absolute atomic E-state index is 12.3. The second kappa shape index (κ2) is 9.49. The number of nitrogens with zero attached hydrogens (tertiary/aromatic N) is 1. The third-order valence-electron chi connectivity index (χ3n) is 4.52. The van der Waals surface area contributed by atoms with Gasteiger partial charge in [0.1, 0.15) is 6.61 Å². The van der Waals surface area contributed by atoms with Crippen molar-refractivity contribution in [1.82, 2.24) is 0 Å². The Labute approximate surface area is 196 Å². The van der Waals surface area contributed by atoms with Gasteiger partial charge in [-0.3, -0.25) is 0 Å². The first-order valence-electron chi connectivity index (χ1n) is 9.36. The van der Waals surface area contributed by atoms with Crippen LogP contribution < -0.4 is 9.47 Å². The highest BCUT2D eigenvalue weighted by atomic mass is 79.9. The molecule has 0 aromatic heterocycles. The zero-order valence-corrected chi connectivity index (χ0v) is 19.6. The number of hydrogen-bond acceptors (Lipinski definition) is 5. The lowest BCUT2D eigenvalue weighted by atomic mass is 10.1. The number of cyclic esters (lactones) is 1. The molecule has 0 saturated heterocycles. The van der Waals surface area contributed by atoms with E-state index in [1.807, 2.05) is 60.7 Å². The first-order chi connectivity index (χ1) is 15.0. The molecule has 0 unspecified atom stereocenters. The Morgan fingerprint density at radius 1 is 1.00 bits per heavy atom. The number of ether oxygens (including phenoxy) is 3. The summed E-state index contributed by atoms with van der Waals surface area (Å²) in [5, 5.41) is 0. The van der Waals surface area contributed by atoms with Gasteiger partial charge >= 0.3 is 5.97 Å². The highest BCUT2D eigenvalue weighted by Crippen LogP contribution is 2.31. The van der Waals surface area contributed by atoms with Gasteiger partial charge in [-0.1, -0.05) is 46.3 Å². The van der Waals surface area contributed by atoms with Crippen molar-refractivity contribution in [2.45, 2.75) is 6.61 Å². The molecule has 0 fully saturated rings. The SMILES string of the molecule is COc1cc(/C=C2\N=C(c3ccccc3Br)OC2=O)ccc1OCc1ccc(Br)cc1. The van der Waals surface area contributed by atoms with Crippen LogP contribution in [0.4, 0.5) is 0 Å². The van der Waals surface area contributed by atoms with Crippen LogP contribution in [0, 0.1) is 0 Å². The standard InChI is InChI=1S/C24H17Br2NO4/c1-29-22-13-16(8-11-21(22)30-14-15-6-9-17(25)10-7-15)12-20-24(28)31-23(27-20)18-4-2-3-5-19(18)26/h2-13H,14H2,1H3/b20-12-. The third-order valence-corrected chi connectivity index (χ3v) is 5.74. The van der Waals surface area contributed by atoms with E-state index in [1.54, 1.807) is 19.3 Å². The van der Waals surface area contributed by atoms with E-state index in [-0.39, 0.29) is 11.6 Å². The molecule has 0 atom stereocenters. The average molecular weight is 543 g/mol. The smallest absolute Gasteiger partial charge is 0.363 e. The molecule has 5 nitrogen and oxygen atoms in total. The van der Waals surface area contributed by atoms with E-state index in [9.17, 15) is 4.79 Å². The third kappa shape index (κ3) is 5.06. The molecule has 0 bridgehead atoms. The molecule has 7 heteroatoms. The number of benzene rings is 3. The topological polar surface area (TPSA) is 57.1 Å². The van der Waals surface area contributed by atoms with Crippen molar-refractivity contribution in [3.63, 3.8) is 0 Å². The molecule has 31 heavy (non-hydrogen) atoms. The summed E-state index contributed by atoms with van der Waals surface area (Å²) in [7, 11) is 1.58. The van der Waals surface area contributed by atoms with Crippen LogP contribution in [0.2, 0.25) is 0 Å². The summed E-state index contributed by atoms with van der Waals surface area (Å²) in [5.41, 5.74) is 2.72. The normalized spacial score (nSPS) is 14.4. The number of hydrogen-bond donors (Lipinski definition) is 0. The molecule has 0 spiro atoms. The average Bonchev–Trinajstić information content (AvgIpc) is 3.14. The van der Waals surface area contributed by atoms with Gasteiger partial charge in [0.15, 0.2) is 17.2 Å². The Balaban J connectivity index is 1.54. The predicted octanol–water partition coefficient (Wildman–Crippen LogP) is 6.14. The van der Waals surface area contributed by atoms with Crippen molar-refractivity contribution in [1.29, 1.82) is 0 Å². The Morgan fingerprint density at radius 3 is 2.52 bits per heavy atom. The van der Waals surface area contributed by atoms with Crippen LogP contribution >= 0.6 is 31.9 Å². The number of carbonyl (C=O) groups is 1. The number of carbonyl (C=O) groups excluding carboxylic acids is 1. The minimum absolute atomic E-state index is 0.219. The number of aliphatic imine (C=N–C) groups is 1. The van der Waals surface area contributed by atoms with Crippen LogP contribution in [0.1, 0.15) is 16.7 Å². The van der Waals surface area contributed by atoms with Gasteiger partial charge in [-0.15, -0.1) is 0 Å². The zero-order valence-electron chi connectivity index (χ0n) is 16.5. The molecule has 4 rings (SSSR count). The number of methoxy groups -OCH3 is 1. The van der Waals surface area contributed by atoms with Crippen molar-refractivity contribution in [2.24, 2.45) is 4.99 Å². The summed E-state index contributed by atoms with van der Waals surface area (Å²) in [4.78, 5) is 16.7. The monoisotopic (exact) mass is 541 g/mol.